The van der Waals surface area contributed by atoms with Crippen molar-refractivity contribution in [1.29, 1.82) is 0 Å². The Balaban J connectivity index is 2.76. The van der Waals surface area contributed by atoms with Gasteiger partial charge in [-0.3, -0.25) is 0 Å². The molecule has 0 fully saturated rings. The Morgan fingerprint density at radius 3 is 2.78 bits per heavy atom. The average molecular weight is 255 g/mol. The molecule has 1 heterocycles. The zero-order valence-electron chi connectivity index (χ0n) is 10.6. The molecule has 18 heavy (non-hydrogen) atoms. The van der Waals surface area contributed by atoms with E-state index >= 15 is 0 Å². The molecule has 0 aliphatic rings. The maximum absolute atomic E-state index is 11.2. The number of carbonyl (C=O) groups is 1. The maximum Gasteiger partial charge on any atom is 0.328 e. The van der Waals surface area contributed by atoms with Crippen molar-refractivity contribution in [3.8, 4) is 6.01 Å². The van der Waals surface area contributed by atoms with Crippen LogP contribution in [0.4, 0.5) is 11.9 Å². The summed E-state index contributed by atoms with van der Waals surface area (Å²) in [6, 6.07) is -0.459. The lowest BCUT2D eigenvalue weighted by atomic mass is 10.3. The van der Waals surface area contributed by atoms with Gasteiger partial charge < -0.3 is 20.5 Å². The molecule has 8 nitrogen and oxygen atoms in total. The first-order valence-corrected chi connectivity index (χ1v) is 5.55. The summed E-state index contributed by atoms with van der Waals surface area (Å²) >= 11 is 0. The van der Waals surface area contributed by atoms with Crippen LogP contribution in [0, 0.1) is 0 Å². The SMILES string of the molecule is CCCOc1nc(N)nc(NC(C)C(=O)OC)n1. The van der Waals surface area contributed by atoms with Gasteiger partial charge in [0.1, 0.15) is 6.04 Å². The topological polar surface area (TPSA) is 112 Å². The van der Waals surface area contributed by atoms with Crippen molar-refractivity contribution in [1.82, 2.24) is 15.0 Å². The second-order valence-electron chi connectivity index (χ2n) is 3.54. The number of hydrogen-bond donors (Lipinski definition) is 2. The summed E-state index contributed by atoms with van der Waals surface area (Å²) in [4.78, 5) is 22.9. The quantitative estimate of drug-likeness (QED) is 0.694. The maximum atomic E-state index is 11.2. The normalized spacial score (nSPS) is 11.7. The van der Waals surface area contributed by atoms with Crippen molar-refractivity contribution in [2.45, 2.75) is 26.3 Å². The Hall–Kier alpha value is -2.12. The summed E-state index contributed by atoms with van der Waals surface area (Å²) in [5, 5.41) is 2.75. The number of methoxy groups -OCH3 is 1. The molecule has 3 N–H and O–H groups in total. The highest BCUT2D eigenvalue weighted by Crippen LogP contribution is 2.10. The fourth-order valence-electron chi connectivity index (χ4n) is 1.12. The van der Waals surface area contributed by atoms with Crippen LogP contribution in [0.2, 0.25) is 0 Å². The highest BCUT2D eigenvalue weighted by Gasteiger charge is 2.15. The molecule has 0 radical (unpaired) electrons. The molecule has 0 saturated carbocycles. The molecule has 0 spiro atoms. The van der Waals surface area contributed by atoms with E-state index in [0.717, 1.165) is 6.42 Å². The second kappa shape index (κ2) is 6.58. The van der Waals surface area contributed by atoms with Crippen LogP contribution >= 0.6 is 0 Å². The van der Waals surface area contributed by atoms with Crippen LogP contribution in [0.5, 0.6) is 6.01 Å². The van der Waals surface area contributed by atoms with Crippen LogP contribution in [-0.2, 0) is 9.53 Å². The molecule has 0 saturated heterocycles. The van der Waals surface area contributed by atoms with Gasteiger partial charge in [0.05, 0.1) is 13.7 Å². The number of ether oxygens (including phenoxy) is 2. The van der Waals surface area contributed by atoms with E-state index in [9.17, 15) is 4.79 Å². The summed E-state index contributed by atoms with van der Waals surface area (Å²) < 4.78 is 9.82. The molecule has 100 valence electrons. The minimum Gasteiger partial charge on any atom is -0.467 e. The standard InChI is InChI=1S/C10H17N5O3/c1-4-5-18-10-14-8(11)13-9(15-10)12-6(2)7(16)17-3/h6H,4-5H2,1-3H3,(H3,11,12,13,14,15). The number of aromatic nitrogens is 3. The third-order valence-corrected chi connectivity index (χ3v) is 1.97. The van der Waals surface area contributed by atoms with Crippen molar-refractivity contribution in [3.63, 3.8) is 0 Å². The first-order chi connectivity index (χ1) is 8.56. The van der Waals surface area contributed by atoms with Gasteiger partial charge in [-0.05, 0) is 13.3 Å². The summed E-state index contributed by atoms with van der Waals surface area (Å²) in [7, 11) is 1.30. The molecule has 1 aromatic rings. The van der Waals surface area contributed by atoms with E-state index in [1.165, 1.54) is 7.11 Å². The second-order valence-corrected chi connectivity index (χ2v) is 3.54. The van der Waals surface area contributed by atoms with Crippen molar-refractivity contribution in [3.05, 3.63) is 0 Å². The lowest BCUT2D eigenvalue weighted by Crippen LogP contribution is -2.28. The van der Waals surface area contributed by atoms with Gasteiger partial charge in [-0.15, -0.1) is 0 Å². The van der Waals surface area contributed by atoms with Gasteiger partial charge in [0.25, 0.3) is 0 Å². The van der Waals surface area contributed by atoms with Crippen molar-refractivity contribution in [2.75, 3.05) is 24.8 Å². The zero-order valence-corrected chi connectivity index (χ0v) is 10.6. The highest BCUT2D eigenvalue weighted by molar-refractivity contribution is 5.77. The Morgan fingerprint density at radius 1 is 1.44 bits per heavy atom. The molecular weight excluding hydrogens is 238 g/mol. The van der Waals surface area contributed by atoms with E-state index in [1.54, 1.807) is 6.92 Å². The molecule has 1 atom stereocenters. The van der Waals surface area contributed by atoms with Crippen LogP contribution < -0.4 is 15.8 Å². The van der Waals surface area contributed by atoms with Crippen LogP contribution in [0.1, 0.15) is 20.3 Å². The largest absolute Gasteiger partial charge is 0.467 e. The number of nitrogens with zero attached hydrogens (tertiary/aromatic N) is 3. The van der Waals surface area contributed by atoms with Crippen LogP contribution in [-0.4, -0.2) is 40.7 Å². The Kier molecular flexibility index (Phi) is 5.09. The Bertz CT molecular complexity index is 412. The summed E-state index contributed by atoms with van der Waals surface area (Å²) in [6.07, 6.45) is 0.826. The number of anilines is 2. The number of nitrogens with two attached hydrogens (primary N) is 1. The molecule has 1 aromatic heterocycles. The third-order valence-electron chi connectivity index (χ3n) is 1.97. The van der Waals surface area contributed by atoms with E-state index < -0.39 is 12.0 Å². The third kappa shape index (κ3) is 4.04. The van der Waals surface area contributed by atoms with Crippen LogP contribution in [0.25, 0.3) is 0 Å². The van der Waals surface area contributed by atoms with E-state index in [4.69, 9.17) is 10.5 Å². The zero-order chi connectivity index (χ0) is 13.5. The molecule has 0 bridgehead atoms. The average Bonchev–Trinajstić information content (AvgIpc) is 2.34. The fourth-order valence-corrected chi connectivity index (χ4v) is 1.12. The van der Waals surface area contributed by atoms with E-state index in [0.29, 0.717) is 6.61 Å². The van der Waals surface area contributed by atoms with Crippen molar-refractivity contribution < 1.29 is 14.3 Å². The summed E-state index contributed by atoms with van der Waals surface area (Å²) in [5.41, 5.74) is 5.52. The monoisotopic (exact) mass is 255 g/mol. The number of nitrogen functional groups attached to an aromatic ring is 1. The van der Waals surface area contributed by atoms with Gasteiger partial charge in [0, 0.05) is 0 Å². The fraction of sp³-hybridized carbons (Fsp3) is 0.600. The Labute approximate surface area is 105 Å². The predicted octanol–water partition coefficient (Wildman–Crippen LogP) is 0.216. The van der Waals surface area contributed by atoms with Gasteiger partial charge >= 0.3 is 12.0 Å². The van der Waals surface area contributed by atoms with Crippen molar-refractivity contribution >= 4 is 17.9 Å². The number of esters is 1. The predicted molar refractivity (Wildman–Crippen MR) is 65.1 cm³/mol. The van der Waals surface area contributed by atoms with E-state index in [1.807, 2.05) is 6.92 Å². The lowest BCUT2D eigenvalue weighted by molar-refractivity contribution is -0.141. The summed E-state index contributed by atoms with van der Waals surface area (Å²) in [5.74, 6) is -0.229. The Morgan fingerprint density at radius 2 is 2.17 bits per heavy atom. The van der Waals surface area contributed by atoms with Gasteiger partial charge in [0.15, 0.2) is 0 Å². The molecule has 1 unspecified atom stereocenters. The first kappa shape index (κ1) is 13.9. The number of hydrogen-bond acceptors (Lipinski definition) is 8. The minimum atomic E-state index is -0.587. The van der Waals surface area contributed by atoms with E-state index in [2.05, 4.69) is 25.0 Å². The lowest BCUT2D eigenvalue weighted by Gasteiger charge is -2.12. The number of nitrogens with one attached hydrogen (secondary N) is 1. The van der Waals surface area contributed by atoms with Crippen molar-refractivity contribution in [2.24, 2.45) is 0 Å². The van der Waals surface area contributed by atoms with E-state index in [-0.39, 0.29) is 17.9 Å². The van der Waals surface area contributed by atoms with Gasteiger partial charge in [0.2, 0.25) is 11.9 Å². The molecule has 0 aliphatic heterocycles. The van der Waals surface area contributed by atoms with Crippen LogP contribution in [0.3, 0.4) is 0 Å². The van der Waals surface area contributed by atoms with Gasteiger partial charge in [-0.2, -0.15) is 15.0 Å². The molecular formula is C10H17N5O3. The smallest absolute Gasteiger partial charge is 0.328 e. The molecule has 0 amide bonds. The minimum absolute atomic E-state index is 0.0238. The molecule has 8 heteroatoms. The summed E-state index contributed by atoms with van der Waals surface area (Å²) in [6.45, 7) is 4.07. The van der Waals surface area contributed by atoms with Gasteiger partial charge in [-0.1, -0.05) is 6.92 Å². The number of rotatable bonds is 6. The van der Waals surface area contributed by atoms with Gasteiger partial charge in [-0.25, -0.2) is 4.79 Å². The first-order valence-electron chi connectivity index (χ1n) is 5.55. The molecule has 0 aromatic carbocycles. The van der Waals surface area contributed by atoms with Crippen LogP contribution in [0.15, 0.2) is 0 Å². The highest BCUT2D eigenvalue weighted by atomic mass is 16.5. The molecule has 1 rings (SSSR count). The number of carbonyl (C=O) groups excluding carboxylic acids is 1. The molecule has 0 aliphatic carbocycles.